The molecule has 0 unspecified atom stereocenters. The number of carbonyl (C=O) groups is 1. The molecule has 3 aromatic rings. The summed E-state index contributed by atoms with van der Waals surface area (Å²) in [5, 5.41) is 0.523. The van der Waals surface area contributed by atoms with Crippen LogP contribution in [-0.2, 0) is 6.54 Å². The summed E-state index contributed by atoms with van der Waals surface area (Å²) < 4.78 is 5.48. The van der Waals surface area contributed by atoms with Gasteiger partial charge in [-0.2, -0.15) is 0 Å². The van der Waals surface area contributed by atoms with Gasteiger partial charge in [-0.1, -0.05) is 12.1 Å². The molecule has 0 spiro atoms. The lowest BCUT2D eigenvalue weighted by molar-refractivity contribution is 0.0680. The lowest BCUT2D eigenvalue weighted by atomic mass is 10.2. The minimum Gasteiger partial charge on any atom is -0.477 e. The lowest BCUT2D eigenvalue weighted by Gasteiger charge is -2.26. The van der Waals surface area contributed by atoms with Crippen molar-refractivity contribution in [3.8, 4) is 5.88 Å². The standard InChI is InChI=1S/C20H22N4O3/c1-4-27-19-15(9-7-11-21-19)20(26)24(13(2)3)12-17-22-16-10-6-5-8-14(16)18(25)23-17/h5-11,13H,4,12H2,1-3H3,(H,22,23,25). The van der Waals surface area contributed by atoms with Crippen molar-refractivity contribution in [1.29, 1.82) is 0 Å². The zero-order chi connectivity index (χ0) is 19.4. The number of aromatic nitrogens is 3. The number of benzene rings is 1. The second-order valence-corrected chi connectivity index (χ2v) is 6.35. The molecular weight excluding hydrogens is 344 g/mol. The monoisotopic (exact) mass is 366 g/mol. The molecule has 0 atom stereocenters. The molecule has 1 amide bonds. The summed E-state index contributed by atoms with van der Waals surface area (Å²) in [5.74, 6) is 0.510. The topological polar surface area (TPSA) is 88.2 Å². The van der Waals surface area contributed by atoms with Gasteiger partial charge in [0.1, 0.15) is 11.4 Å². The van der Waals surface area contributed by atoms with Gasteiger partial charge in [-0.05, 0) is 45.0 Å². The van der Waals surface area contributed by atoms with Crippen LogP contribution in [0, 0.1) is 0 Å². The number of aromatic amines is 1. The van der Waals surface area contributed by atoms with Crippen molar-refractivity contribution in [3.05, 3.63) is 64.3 Å². The molecule has 3 rings (SSSR count). The highest BCUT2D eigenvalue weighted by Crippen LogP contribution is 2.19. The Balaban J connectivity index is 1.95. The van der Waals surface area contributed by atoms with Crippen LogP contribution in [0.15, 0.2) is 47.4 Å². The molecule has 2 heterocycles. The molecule has 0 aliphatic heterocycles. The molecule has 0 saturated heterocycles. The van der Waals surface area contributed by atoms with Crippen molar-refractivity contribution in [3.63, 3.8) is 0 Å². The summed E-state index contributed by atoms with van der Waals surface area (Å²) in [6, 6.07) is 10.4. The van der Waals surface area contributed by atoms with Crippen molar-refractivity contribution >= 4 is 16.8 Å². The minimum absolute atomic E-state index is 0.107. The number of fused-ring (bicyclic) bond motifs is 1. The third kappa shape index (κ3) is 3.97. The molecule has 140 valence electrons. The van der Waals surface area contributed by atoms with Gasteiger partial charge >= 0.3 is 0 Å². The zero-order valence-corrected chi connectivity index (χ0v) is 15.6. The van der Waals surface area contributed by atoms with Crippen LogP contribution in [0.4, 0.5) is 0 Å². The molecule has 0 aliphatic carbocycles. The van der Waals surface area contributed by atoms with E-state index < -0.39 is 0 Å². The largest absolute Gasteiger partial charge is 0.477 e. The molecule has 27 heavy (non-hydrogen) atoms. The van der Waals surface area contributed by atoms with Gasteiger partial charge in [0.05, 0.1) is 24.1 Å². The average molecular weight is 366 g/mol. The first-order valence-electron chi connectivity index (χ1n) is 8.88. The van der Waals surface area contributed by atoms with E-state index >= 15 is 0 Å². The van der Waals surface area contributed by atoms with E-state index in [0.29, 0.717) is 34.8 Å². The van der Waals surface area contributed by atoms with Gasteiger partial charge in [-0.15, -0.1) is 0 Å². The summed E-state index contributed by atoms with van der Waals surface area (Å²) in [7, 11) is 0. The van der Waals surface area contributed by atoms with Gasteiger partial charge in [-0.3, -0.25) is 9.59 Å². The number of pyridine rings is 1. The van der Waals surface area contributed by atoms with Crippen molar-refractivity contribution in [2.75, 3.05) is 6.61 Å². The summed E-state index contributed by atoms with van der Waals surface area (Å²) >= 11 is 0. The fourth-order valence-electron chi connectivity index (χ4n) is 2.82. The molecule has 7 heteroatoms. The van der Waals surface area contributed by atoms with Gasteiger partial charge in [-0.25, -0.2) is 9.97 Å². The molecule has 0 fully saturated rings. The molecule has 1 aromatic carbocycles. The maximum atomic E-state index is 13.1. The van der Waals surface area contributed by atoms with Crippen LogP contribution in [0.3, 0.4) is 0 Å². The van der Waals surface area contributed by atoms with Crippen LogP contribution >= 0.6 is 0 Å². The number of nitrogens with one attached hydrogen (secondary N) is 1. The van der Waals surface area contributed by atoms with E-state index in [9.17, 15) is 9.59 Å². The first kappa shape index (κ1) is 18.6. The number of amides is 1. The van der Waals surface area contributed by atoms with Gasteiger partial charge in [0, 0.05) is 12.2 Å². The quantitative estimate of drug-likeness (QED) is 0.725. The van der Waals surface area contributed by atoms with Crippen molar-refractivity contribution < 1.29 is 9.53 Å². The van der Waals surface area contributed by atoms with E-state index in [4.69, 9.17) is 4.74 Å². The first-order valence-corrected chi connectivity index (χ1v) is 8.88. The van der Waals surface area contributed by atoms with E-state index in [1.807, 2.05) is 26.8 Å². The molecule has 0 bridgehead atoms. The number of H-pyrrole nitrogens is 1. The predicted molar refractivity (Wildman–Crippen MR) is 103 cm³/mol. The fourth-order valence-corrected chi connectivity index (χ4v) is 2.82. The van der Waals surface area contributed by atoms with E-state index in [2.05, 4.69) is 15.0 Å². The predicted octanol–water partition coefficient (Wildman–Crippen LogP) is 2.77. The number of hydrogen-bond donors (Lipinski definition) is 1. The SMILES string of the molecule is CCOc1ncccc1C(=O)N(Cc1nc2ccccc2c(=O)[nH]1)C(C)C. The van der Waals surface area contributed by atoms with Crippen molar-refractivity contribution in [2.24, 2.45) is 0 Å². The van der Waals surface area contributed by atoms with Crippen LogP contribution in [0.2, 0.25) is 0 Å². The number of para-hydroxylation sites is 1. The molecule has 2 aromatic heterocycles. The minimum atomic E-state index is -0.225. The van der Waals surface area contributed by atoms with Crippen LogP contribution in [0.1, 0.15) is 37.0 Å². The van der Waals surface area contributed by atoms with Gasteiger partial charge in [0.2, 0.25) is 5.88 Å². The Morgan fingerprint density at radius 2 is 2.00 bits per heavy atom. The van der Waals surface area contributed by atoms with E-state index in [-0.39, 0.29) is 24.1 Å². The normalized spacial score (nSPS) is 11.0. The summed E-state index contributed by atoms with van der Waals surface area (Å²) in [6.45, 7) is 6.25. The Hall–Kier alpha value is -3.22. The molecule has 0 aliphatic rings. The summed E-state index contributed by atoms with van der Waals surface area (Å²) in [4.78, 5) is 38.5. The molecule has 0 saturated carbocycles. The molecule has 7 nitrogen and oxygen atoms in total. The van der Waals surface area contributed by atoms with E-state index in [1.54, 1.807) is 41.4 Å². The van der Waals surface area contributed by atoms with Gasteiger partial charge in [0.25, 0.3) is 11.5 Å². The summed E-state index contributed by atoms with van der Waals surface area (Å²) in [6.07, 6.45) is 1.59. The Kier molecular flexibility index (Phi) is 5.49. The second-order valence-electron chi connectivity index (χ2n) is 6.35. The molecule has 1 N–H and O–H groups in total. The third-order valence-corrected chi connectivity index (χ3v) is 4.15. The zero-order valence-electron chi connectivity index (χ0n) is 15.6. The highest BCUT2D eigenvalue weighted by Gasteiger charge is 2.24. The van der Waals surface area contributed by atoms with Crippen molar-refractivity contribution in [1.82, 2.24) is 19.9 Å². The molecule has 0 radical (unpaired) electrons. The smallest absolute Gasteiger partial charge is 0.259 e. The number of nitrogens with zero attached hydrogens (tertiary/aromatic N) is 3. The second kappa shape index (κ2) is 7.99. The highest BCUT2D eigenvalue weighted by molar-refractivity contribution is 5.96. The number of ether oxygens (including phenoxy) is 1. The summed E-state index contributed by atoms with van der Waals surface area (Å²) in [5.41, 5.74) is 0.767. The van der Waals surface area contributed by atoms with Gasteiger partial charge < -0.3 is 14.6 Å². The van der Waals surface area contributed by atoms with Crippen molar-refractivity contribution in [2.45, 2.75) is 33.4 Å². The van der Waals surface area contributed by atoms with Crippen LogP contribution in [0.5, 0.6) is 5.88 Å². The Labute approximate surface area is 157 Å². The molecular formula is C20H22N4O3. The maximum Gasteiger partial charge on any atom is 0.259 e. The van der Waals surface area contributed by atoms with Crippen LogP contribution in [0.25, 0.3) is 10.9 Å². The Morgan fingerprint density at radius 3 is 2.74 bits per heavy atom. The number of hydrogen-bond acceptors (Lipinski definition) is 5. The Bertz CT molecular complexity index is 1010. The number of rotatable bonds is 6. The number of carbonyl (C=O) groups excluding carboxylic acids is 1. The van der Waals surface area contributed by atoms with E-state index in [1.165, 1.54) is 0 Å². The third-order valence-electron chi connectivity index (χ3n) is 4.15. The highest BCUT2D eigenvalue weighted by atomic mass is 16.5. The van der Waals surface area contributed by atoms with Crippen LogP contribution < -0.4 is 10.3 Å². The van der Waals surface area contributed by atoms with Crippen LogP contribution in [-0.4, -0.2) is 38.4 Å². The van der Waals surface area contributed by atoms with E-state index in [0.717, 1.165) is 0 Å². The average Bonchev–Trinajstić information content (AvgIpc) is 2.66. The fraction of sp³-hybridized carbons (Fsp3) is 0.300. The van der Waals surface area contributed by atoms with Gasteiger partial charge in [0.15, 0.2) is 0 Å². The lowest BCUT2D eigenvalue weighted by Crippen LogP contribution is -2.37. The first-order chi connectivity index (χ1) is 13.0. The maximum absolute atomic E-state index is 13.1. The Morgan fingerprint density at radius 1 is 1.22 bits per heavy atom.